The lowest BCUT2D eigenvalue weighted by molar-refractivity contribution is -0.135. The first kappa shape index (κ1) is 35.7. The molecule has 284 valence electrons. The van der Waals surface area contributed by atoms with E-state index in [0.717, 1.165) is 62.8 Å². The second-order valence-electron chi connectivity index (χ2n) is 14.5. The maximum atomic E-state index is 14.0. The minimum atomic E-state index is -2.85. The highest BCUT2D eigenvalue weighted by atomic mass is 19.3. The van der Waals surface area contributed by atoms with Crippen LogP contribution in [0.5, 0.6) is 0 Å². The summed E-state index contributed by atoms with van der Waals surface area (Å²) in [7, 11) is 1.72. The molecule has 0 spiro atoms. The van der Waals surface area contributed by atoms with Crippen LogP contribution in [0.1, 0.15) is 85.1 Å². The van der Waals surface area contributed by atoms with E-state index < -0.39 is 30.0 Å². The highest BCUT2D eigenvalue weighted by Gasteiger charge is 2.33. The largest absolute Gasteiger partial charge is 0.376 e. The van der Waals surface area contributed by atoms with Crippen LogP contribution in [0.3, 0.4) is 0 Å². The van der Waals surface area contributed by atoms with Gasteiger partial charge in [0.05, 0.1) is 41.7 Å². The van der Waals surface area contributed by atoms with Gasteiger partial charge in [0.15, 0.2) is 11.3 Å². The SMILES string of the molecule is Cn1c(=O)n(C2CCC(=O)NC2=O)c2cccc(CC[C@H]3CN(C[C@H]4CC[C@H](n5cc(NC(=O)c6cnn7cccnc67)c(C(F)F)n5)CC4)CCO3)c21. The standard InChI is InChI=1S/C37H42F2N10O5/c1-45-32-23(4-2-5-28(32)49(37(45)53)29-12-13-30(50)43-36(29)52)8-11-25-20-46(16-17-54-25)19-22-6-9-24(10-7-22)48-21-27(31(44-48)33(38)39)42-35(51)26-18-41-47-15-3-14-40-34(26)47/h2-5,14-15,18,21-22,24-25,29,33H,6-13,16-17,19-20H2,1H3,(H,42,51)(H,43,50,52)/t22-,24-,25-,29?/m0/s1. The zero-order valence-corrected chi connectivity index (χ0v) is 29.9. The smallest absolute Gasteiger partial charge is 0.329 e. The molecule has 3 aliphatic rings. The van der Waals surface area contributed by atoms with Crippen molar-refractivity contribution in [3.63, 3.8) is 0 Å². The zero-order chi connectivity index (χ0) is 37.5. The number of halogens is 2. The molecule has 54 heavy (non-hydrogen) atoms. The summed E-state index contributed by atoms with van der Waals surface area (Å²) >= 11 is 0. The zero-order valence-electron chi connectivity index (χ0n) is 29.9. The van der Waals surface area contributed by atoms with Crippen molar-refractivity contribution in [3.8, 4) is 0 Å². The third-order valence-electron chi connectivity index (χ3n) is 11.1. The number of rotatable bonds is 10. The van der Waals surface area contributed by atoms with Crippen molar-refractivity contribution in [2.24, 2.45) is 13.0 Å². The Hall–Kier alpha value is -5.29. The summed E-state index contributed by atoms with van der Waals surface area (Å²) in [4.78, 5) is 57.4. The van der Waals surface area contributed by atoms with Gasteiger partial charge in [-0.15, -0.1) is 0 Å². The average Bonchev–Trinajstić information content (AvgIpc) is 3.86. The lowest BCUT2D eigenvalue weighted by atomic mass is 9.85. The van der Waals surface area contributed by atoms with E-state index in [9.17, 15) is 28.0 Å². The summed E-state index contributed by atoms with van der Waals surface area (Å²) in [5.74, 6) is -0.907. The molecule has 3 amide bonds. The average molecular weight is 745 g/mol. The third-order valence-corrected chi connectivity index (χ3v) is 11.1. The van der Waals surface area contributed by atoms with Crippen molar-refractivity contribution in [1.29, 1.82) is 0 Å². The monoisotopic (exact) mass is 744 g/mol. The highest BCUT2D eigenvalue weighted by Crippen LogP contribution is 2.36. The minimum Gasteiger partial charge on any atom is -0.376 e. The van der Waals surface area contributed by atoms with E-state index in [1.807, 2.05) is 18.2 Å². The molecule has 0 radical (unpaired) electrons. The van der Waals surface area contributed by atoms with Gasteiger partial charge < -0.3 is 10.1 Å². The summed E-state index contributed by atoms with van der Waals surface area (Å²) in [5, 5.41) is 13.3. The molecule has 5 aromatic rings. The molecule has 6 heterocycles. The molecule has 15 nitrogen and oxygen atoms in total. The number of aromatic nitrogens is 7. The Bertz CT molecular complexity index is 2270. The van der Waals surface area contributed by atoms with Gasteiger partial charge in [-0.05, 0) is 68.6 Å². The van der Waals surface area contributed by atoms with E-state index in [0.29, 0.717) is 30.1 Å². The highest BCUT2D eigenvalue weighted by molar-refractivity contribution is 6.08. The van der Waals surface area contributed by atoms with Gasteiger partial charge in [-0.25, -0.2) is 23.1 Å². The maximum absolute atomic E-state index is 14.0. The summed E-state index contributed by atoms with van der Waals surface area (Å²) in [6.45, 7) is 3.16. The number of fused-ring (bicyclic) bond motifs is 2. The number of para-hydroxylation sites is 1. The van der Waals surface area contributed by atoms with E-state index in [2.05, 4.69) is 30.7 Å². The number of morpholine rings is 1. The molecule has 4 aromatic heterocycles. The molecule has 2 saturated heterocycles. The van der Waals surface area contributed by atoms with Gasteiger partial charge in [0.2, 0.25) is 11.8 Å². The first-order valence-electron chi connectivity index (χ1n) is 18.5. The van der Waals surface area contributed by atoms with E-state index in [1.54, 1.807) is 28.6 Å². The summed E-state index contributed by atoms with van der Waals surface area (Å²) in [6.07, 6.45) is 8.57. The van der Waals surface area contributed by atoms with Gasteiger partial charge in [-0.3, -0.25) is 38.4 Å². The molecule has 0 bridgehead atoms. The fraction of sp³-hybridized carbons (Fsp3) is 0.486. The molecule has 1 saturated carbocycles. The number of anilines is 1. The van der Waals surface area contributed by atoms with E-state index in [-0.39, 0.29) is 47.8 Å². The van der Waals surface area contributed by atoms with Crippen molar-refractivity contribution >= 4 is 40.1 Å². The Kier molecular flexibility index (Phi) is 9.83. The number of piperidine rings is 1. The third kappa shape index (κ3) is 6.93. The maximum Gasteiger partial charge on any atom is 0.329 e. The molecular formula is C37H42F2N10O5. The van der Waals surface area contributed by atoms with Gasteiger partial charge >= 0.3 is 5.69 Å². The summed E-state index contributed by atoms with van der Waals surface area (Å²) in [6, 6.07) is 6.66. The molecular weight excluding hydrogens is 702 g/mol. The number of ether oxygens (including phenoxy) is 1. The number of alkyl halides is 2. The molecule has 3 fully saturated rings. The fourth-order valence-corrected chi connectivity index (χ4v) is 8.37. The molecule has 2 atom stereocenters. The number of hydrogen-bond acceptors (Lipinski definition) is 9. The first-order chi connectivity index (χ1) is 26.1. The van der Waals surface area contributed by atoms with Crippen LogP contribution in [0.2, 0.25) is 0 Å². The van der Waals surface area contributed by atoms with Crippen molar-refractivity contribution in [3.05, 3.63) is 76.4 Å². The van der Waals surface area contributed by atoms with Crippen LogP contribution < -0.4 is 16.3 Å². The summed E-state index contributed by atoms with van der Waals surface area (Å²) in [5.41, 5.74) is 2.22. The van der Waals surface area contributed by atoms with E-state index in [4.69, 9.17) is 4.74 Å². The molecule has 17 heteroatoms. The van der Waals surface area contributed by atoms with Gasteiger partial charge in [0.1, 0.15) is 11.6 Å². The van der Waals surface area contributed by atoms with Crippen molar-refractivity contribution in [2.45, 2.75) is 76.0 Å². The molecule has 2 aliphatic heterocycles. The molecule has 1 aliphatic carbocycles. The van der Waals surface area contributed by atoms with Crippen LogP contribution in [0.4, 0.5) is 14.5 Å². The predicted molar refractivity (Wildman–Crippen MR) is 192 cm³/mol. The van der Waals surface area contributed by atoms with Crippen LogP contribution in [0.15, 0.2) is 53.8 Å². The minimum absolute atomic E-state index is 0.0154. The second-order valence-corrected chi connectivity index (χ2v) is 14.5. The molecule has 1 aromatic carbocycles. The number of nitrogens with one attached hydrogen (secondary N) is 2. The first-order valence-corrected chi connectivity index (χ1v) is 18.5. The number of nitrogens with zero attached hydrogens (tertiary/aromatic N) is 8. The number of benzene rings is 1. The number of carbonyl (C=O) groups is 3. The fourth-order valence-electron chi connectivity index (χ4n) is 8.37. The Morgan fingerprint density at radius 3 is 2.74 bits per heavy atom. The summed E-state index contributed by atoms with van der Waals surface area (Å²) < 4.78 is 40.4. The molecule has 2 N–H and O–H groups in total. The normalized spacial score (nSPS) is 22.7. The Labute approximate surface area is 308 Å². The van der Waals surface area contributed by atoms with Gasteiger partial charge in [-0.2, -0.15) is 10.2 Å². The second kappa shape index (κ2) is 14.9. The number of imidazole rings is 1. The van der Waals surface area contributed by atoms with E-state index in [1.165, 1.54) is 27.7 Å². The van der Waals surface area contributed by atoms with Crippen LogP contribution in [-0.2, 0) is 27.8 Å². The Morgan fingerprint density at radius 2 is 1.94 bits per heavy atom. The Morgan fingerprint density at radius 1 is 1.11 bits per heavy atom. The quantitative estimate of drug-likeness (QED) is 0.203. The predicted octanol–water partition coefficient (Wildman–Crippen LogP) is 3.81. The van der Waals surface area contributed by atoms with Crippen molar-refractivity contribution in [1.82, 2.24) is 43.7 Å². The number of imide groups is 1. The number of amides is 3. The number of hydrogen-bond donors (Lipinski definition) is 2. The van der Waals surface area contributed by atoms with Gasteiger partial charge in [-0.1, -0.05) is 12.1 Å². The molecule has 1 unspecified atom stereocenters. The lowest BCUT2D eigenvalue weighted by Gasteiger charge is -2.37. The van der Waals surface area contributed by atoms with E-state index >= 15 is 0 Å². The van der Waals surface area contributed by atoms with Crippen LogP contribution >= 0.6 is 0 Å². The van der Waals surface area contributed by atoms with Gasteiger partial charge in [0.25, 0.3) is 12.3 Å². The number of carbonyl (C=O) groups excluding carboxylic acids is 3. The topological polar surface area (TPSA) is 163 Å². The van der Waals surface area contributed by atoms with Gasteiger partial charge in [0, 0.05) is 51.7 Å². The van der Waals surface area contributed by atoms with Crippen molar-refractivity contribution < 1.29 is 27.9 Å². The van der Waals surface area contributed by atoms with Crippen LogP contribution in [0, 0.1) is 5.92 Å². The van der Waals surface area contributed by atoms with Crippen molar-refractivity contribution in [2.75, 3.05) is 31.6 Å². The lowest BCUT2D eigenvalue weighted by Crippen LogP contribution is -2.45. The molecule has 8 rings (SSSR count). The Balaban J connectivity index is 0.862. The number of aryl methyl sites for hydroxylation is 2. The van der Waals surface area contributed by atoms with Crippen LogP contribution in [-0.4, -0.2) is 88.5 Å². The van der Waals surface area contributed by atoms with Crippen LogP contribution in [0.25, 0.3) is 16.7 Å².